The zero-order valence-corrected chi connectivity index (χ0v) is 31.2. The largest absolute Gasteiger partial charge is 0.445 e. The fourth-order valence-electron chi connectivity index (χ4n) is 5.44. The van der Waals surface area contributed by atoms with Gasteiger partial charge in [-0.05, 0) is 69.2 Å². The van der Waals surface area contributed by atoms with E-state index in [1.807, 2.05) is 0 Å². The molecule has 0 aromatic heterocycles. The summed E-state index contributed by atoms with van der Waals surface area (Å²) >= 11 is 0. The molecule has 1 aliphatic heterocycles. The molecule has 292 valence electrons. The molecular formula is C36H54N8O9. The minimum Gasteiger partial charge on any atom is -0.445 e. The van der Waals surface area contributed by atoms with Crippen molar-refractivity contribution in [2.24, 2.45) is 11.7 Å². The van der Waals surface area contributed by atoms with Crippen molar-refractivity contribution < 1.29 is 43.1 Å². The van der Waals surface area contributed by atoms with Gasteiger partial charge in [0, 0.05) is 44.9 Å². The Kier molecular flexibility index (Phi) is 18.7. The highest BCUT2D eigenvalue weighted by Crippen LogP contribution is 2.15. The second kappa shape index (κ2) is 22.6. The molecule has 1 aromatic rings. The number of nitrogens with one attached hydrogen (secondary N) is 5. The van der Waals surface area contributed by atoms with E-state index in [4.69, 9.17) is 10.5 Å². The van der Waals surface area contributed by atoms with Crippen LogP contribution in [0.3, 0.4) is 0 Å². The fourth-order valence-corrected chi connectivity index (χ4v) is 5.44. The van der Waals surface area contributed by atoms with Crippen LogP contribution in [0.4, 0.5) is 10.5 Å². The second-order valence-corrected chi connectivity index (χ2v) is 13.0. The van der Waals surface area contributed by atoms with Gasteiger partial charge in [0.05, 0.1) is 6.54 Å². The molecular weight excluding hydrogens is 688 g/mol. The van der Waals surface area contributed by atoms with E-state index in [0.29, 0.717) is 56.3 Å². The first-order valence-corrected chi connectivity index (χ1v) is 17.8. The Balaban J connectivity index is 1.84. The van der Waals surface area contributed by atoms with Crippen molar-refractivity contribution >= 4 is 53.1 Å². The molecule has 3 atom stereocenters. The van der Waals surface area contributed by atoms with Gasteiger partial charge in [0.25, 0.3) is 11.8 Å². The van der Waals surface area contributed by atoms with Crippen LogP contribution in [-0.2, 0) is 44.9 Å². The summed E-state index contributed by atoms with van der Waals surface area (Å²) in [4.78, 5) is 101. The van der Waals surface area contributed by atoms with Crippen molar-refractivity contribution in [2.75, 3.05) is 39.0 Å². The molecule has 7 N–H and O–H groups in total. The molecule has 1 aromatic carbocycles. The number of imide groups is 1. The van der Waals surface area contributed by atoms with Crippen LogP contribution in [0.2, 0.25) is 0 Å². The number of carbonyl (C=O) groups excluding carboxylic acids is 8. The first-order valence-electron chi connectivity index (χ1n) is 17.8. The Morgan fingerprint density at radius 1 is 0.830 bits per heavy atom. The van der Waals surface area contributed by atoms with Crippen LogP contribution in [0.15, 0.2) is 36.4 Å². The van der Waals surface area contributed by atoms with E-state index in [1.165, 1.54) is 38.1 Å². The summed E-state index contributed by atoms with van der Waals surface area (Å²) in [5, 5.41) is 13.1. The lowest BCUT2D eigenvalue weighted by atomic mass is 10.0. The molecule has 8 amide bonds. The number of carbonyl (C=O) groups is 8. The van der Waals surface area contributed by atoms with Gasteiger partial charge >= 0.3 is 6.09 Å². The van der Waals surface area contributed by atoms with E-state index in [1.54, 1.807) is 38.1 Å². The minimum atomic E-state index is -0.891. The Hall–Kier alpha value is -5.32. The highest BCUT2D eigenvalue weighted by molar-refractivity contribution is 6.12. The van der Waals surface area contributed by atoms with Crippen molar-refractivity contribution in [2.45, 2.75) is 90.4 Å². The molecule has 0 bridgehead atoms. The lowest BCUT2D eigenvalue weighted by molar-refractivity contribution is -0.137. The third-order valence-corrected chi connectivity index (χ3v) is 8.42. The summed E-state index contributed by atoms with van der Waals surface area (Å²) < 4.78 is 5.43. The van der Waals surface area contributed by atoms with Gasteiger partial charge in [0.15, 0.2) is 0 Å². The normalized spacial score (nSPS) is 13.9. The highest BCUT2D eigenvalue weighted by Gasteiger charge is 2.32. The molecule has 17 nitrogen and oxygen atoms in total. The molecule has 17 heteroatoms. The summed E-state index contributed by atoms with van der Waals surface area (Å²) in [5.41, 5.74) is 6.66. The predicted molar refractivity (Wildman–Crippen MR) is 195 cm³/mol. The number of unbranched alkanes of at least 4 members (excludes halogenated alkanes) is 3. The Labute approximate surface area is 310 Å². The lowest BCUT2D eigenvalue weighted by Crippen LogP contribution is -2.54. The molecule has 0 spiro atoms. The molecule has 0 aliphatic carbocycles. The van der Waals surface area contributed by atoms with Crippen LogP contribution in [0, 0.1) is 5.92 Å². The highest BCUT2D eigenvalue weighted by atomic mass is 16.6. The van der Waals surface area contributed by atoms with E-state index in [9.17, 15) is 38.4 Å². The zero-order chi connectivity index (χ0) is 39.5. The summed E-state index contributed by atoms with van der Waals surface area (Å²) in [7, 11) is 2.91. The van der Waals surface area contributed by atoms with Gasteiger partial charge in [-0.25, -0.2) is 4.79 Å². The van der Waals surface area contributed by atoms with E-state index in [-0.39, 0.29) is 55.7 Å². The summed E-state index contributed by atoms with van der Waals surface area (Å²) in [6.07, 6.45) is 5.11. The third kappa shape index (κ3) is 15.1. The number of likely N-dealkylation sites (N-methyl/N-ethyl adjacent to an activating group) is 2. The Morgan fingerprint density at radius 3 is 2.09 bits per heavy atom. The van der Waals surface area contributed by atoms with Crippen LogP contribution in [0.5, 0.6) is 0 Å². The van der Waals surface area contributed by atoms with Crippen molar-refractivity contribution in [3.8, 4) is 0 Å². The van der Waals surface area contributed by atoms with Gasteiger partial charge in [-0.1, -0.05) is 32.4 Å². The number of nitrogens with zero attached hydrogens (tertiary/aromatic N) is 2. The maximum Gasteiger partial charge on any atom is 0.410 e. The second-order valence-electron chi connectivity index (χ2n) is 13.0. The number of hydrogen-bond acceptors (Lipinski definition) is 10. The molecule has 1 aliphatic rings. The summed E-state index contributed by atoms with van der Waals surface area (Å²) in [6, 6.07) is 3.98. The minimum absolute atomic E-state index is 0.111. The molecule has 1 unspecified atom stereocenters. The quantitative estimate of drug-likeness (QED) is 0.0718. The lowest BCUT2D eigenvalue weighted by Gasteiger charge is -2.30. The van der Waals surface area contributed by atoms with Gasteiger partial charge in [-0.2, -0.15) is 0 Å². The summed E-state index contributed by atoms with van der Waals surface area (Å²) in [6.45, 7) is 5.36. The van der Waals surface area contributed by atoms with Gasteiger partial charge in [0.1, 0.15) is 24.7 Å². The molecule has 53 heavy (non-hydrogen) atoms. The first kappa shape index (κ1) is 43.8. The monoisotopic (exact) mass is 742 g/mol. The maximum absolute atomic E-state index is 13.2. The number of ether oxygens (including phenoxy) is 1. The SMILES string of the molecule is CNC(=O)[C@H](C)NC(=O)C(C(C)C)N(C)C(=O)OCc1ccc(NC(=O)[C@H](CCCCN)NC(=O)CNC(=O)CCCCCN2C(=O)C=CC2=O)cc1. The van der Waals surface area contributed by atoms with Gasteiger partial charge < -0.3 is 37.1 Å². The number of benzene rings is 1. The van der Waals surface area contributed by atoms with Crippen molar-refractivity contribution in [3.05, 3.63) is 42.0 Å². The zero-order valence-electron chi connectivity index (χ0n) is 31.2. The number of amides is 8. The summed E-state index contributed by atoms with van der Waals surface area (Å²) in [5.74, 6) is -3.16. The van der Waals surface area contributed by atoms with E-state index in [0.717, 1.165) is 4.90 Å². The van der Waals surface area contributed by atoms with Gasteiger partial charge in [-0.3, -0.25) is 43.4 Å². The molecule has 2 rings (SSSR count). The maximum atomic E-state index is 13.2. The average molecular weight is 743 g/mol. The standard InChI is InChI=1S/C36H54N8O9/c1-23(2)32(35(51)40-24(3)33(49)38-4)43(5)36(52)53-22-25-13-15-26(16-14-25)41-34(50)27(11-8-9-19-37)42-29(46)21-39-28(45)12-7-6-10-20-44-30(47)17-18-31(44)48/h13-18,23-24,27,32H,6-12,19-22,37H2,1-5H3,(H,38,49)(H,39,45)(H,40,51)(H,41,50)(H,42,46)/t24-,27-,32?/m0/s1. The molecule has 0 fully saturated rings. The molecule has 0 radical (unpaired) electrons. The van der Waals surface area contributed by atoms with Crippen molar-refractivity contribution in [1.82, 2.24) is 31.1 Å². The van der Waals surface area contributed by atoms with Gasteiger partial charge in [-0.15, -0.1) is 0 Å². The number of nitrogens with two attached hydrogens (primary N) is 1. The topological polar surface area (TPSA) is 238 Å². The molecule has 0 saturated carbocycles. The van der Waals surface area contributed by atoms with E-state index < -0.39 is 41.9 Å². The predicted octanol–water partition coefficient (Wildman–Crippen LogP) is 0.684. The third-order valence-electron chi connectivity index (χ3n) is 8.42. The number of rotatable bonds is 22. The van der Waals surface area contributed by atoms with Gasteiger partial charge in [0.2, 0.25) is 29.5 Å². The number of anilines is 1. The van der Waals surface area contributed by atoms with Crippen LogP contribution >= 0.6 is 0 Å². The van der Waals surface area contributed by atoms with E-state index in [2.05, 4.69) is 26.6 Å². The first-order chi connectivity index (χ1) is 25.2. The van der Waals surface area contributed by atoms with Crippen molar-refractivity contribution in [3.63, 3.8) is 0 Å². The van der Waals surface area contributed by atoms with Crippen LogP contribution in [0.25, 0.3) is 0 Å². The Bertz CT molecular complexity index is 1460. The van der Waals surface area contributed by atoms with Crippen LogP contribution in [-0.4, -0.2) is 109 Å². The molecule has 0 saturated heterocycles. The Morgan fingerprint density at radius 2 is 1.49 bits per heavy atom. The van der Waals surface area contributed by atoms with Crippen LogP contribution < -0.4 is 32.3 Å². The molecule has 1 heterocycles. The fraction of sp³-hybridized carbons (Fsp3) is 0.556. The van der Waals surface area contributed by atoms with Crippen molar-refractivity contribution in [1.29, 1.82) is 0 Å². The number of hydrogen-bond donors (Lipinski definition) is 6. The average Bonchev–Trinajstić information content (AvgIpc) is 3.44. The smallest absolute Gasteiger partial charge is 0.410 e. The van der Waals surface area contributed by atoms with Crippen LogP contribution in [0.1, 0.15) is 71.3 Å². The van der Waals surface area contributed by atoms with E-state index >= 15 is 0 Å².